The molecule has 1 aliphatic rings. The van der Waals surface area contributed by atoms with Crippen LogP contribution in [0.2, 0.25) is 0 Å². The van der Waals surface area contributed by atoms with Crippen LogP contribution < -0.4 is 4.90 Å². The van der Waals surface area contributed by atoms with E-state index in [1.807, 2.05) is 6.07 Å². The third kappa shape index (κ3) is 2.92. The number of anilines is 1. The monoisotopic (exact) mass is 270 g/mol. The molecule has 1 heterocycles. The van der Waals surface area contributed by atoms with Gasteiger partial charge in [0.05, 0.1) is 18.4 Å². The Morgan fingerprint density at radius 1 is 1.32 bits per heavy atom. The third-order valence-corrected chi connectivity index (χ3v) is 3.39. The van der Waals surface area contributed by atoms with Gasteiger partial charge in [-0.05, 0) is 30.7 Å². The number of phenolic OH excluding ortho intramolecular Hbond substituents is 1. The molecule has 0 spiro atoms. The molecule has 0 saturated carbocycles. The van der Waals surface area contributed by atoms with Crippen molar-refractivity contribution in [1.82, 2.24) is 0 Å². The summed E-state index contributed by atoms with van der Waals surface area (Å²) >= 11 is 0. The molecule has 0 amide bonds. The van der Waals surface area contributed by atoms with E-state index in [1.165, 1.54) is 12.1 Å². The number of nitrogens with zero attached hydrogens (tertiary/aromatic N) is 2. The topological polar surface area (TPSA) is 47.3 Å². The molecule has 0 unspecified atom stereocenters. The van der Waals surface area contributed by atoms with Gasteiger partial charge in [-0.25, -0.2) is 0 Å². The minimum atomic E-state index is -4.24. The Hall–Kier alpha value is -1.90. The minimum Gasteiger partial charge on any atom is -0.508 e. The maximum absolute atomic E-state index is 12.8. The molecular formula is C13H13F3N2O. The summed E-state index contributed by atoms with van der Waals surface area (Å²) in [4.78, 5) is 1.60. The molecule has 0 aromatic heterocycles. The third-order valence-electron chi connectivity index (χ3n) is 3.39. The Bertz CT molecular complexity index is 478. The van der Waals surface area contributed by atoms with Gasteiger partial charge >= 0.3 is 6.18 Å². The molecule has 1 saturated heterocycles. The van der Waals surface area contributed by atoms with Gasteiger partial charge in [0.2, 0.25) is 0 Å². The van der Waals surface area contributed by atoms with E-state index in [2.05, 4.69) is 0 Å². The van der Waals surface area contributed by atoms with E-state index in [9.17, 15) is 18.3 Å². The average molecular weight is 270 g/mol. The van der Waals surface area contributed by atoms with Crippen LogP contribution in [0, 0.1) is 17.2 Å². The fraction of sp³-hybridized carbons (Fsp3) is 0.462. The average Bonchev–Trinajstić information content (AvgIpc) is 2.74. The second-order valence-electron chi connectivity index (χ2n) is 4.66. The van der Waals surface area contributed by atoms with Gasteiger partial charge in [-0.1, -0.05) is 0 Å². The lowest BCUT2D eigenvalue weighted by atomic mass is 10.0. The molecule has 0 aliphatic carbocycles. The Morgan fingerprint density at radius 2 is 1.95 bits per heavy atom. The zero-order valence-electron chi connectivity index (χ0n) is 10.1. The van der Waals surface area contributed by atoms with E-state index in [-0.39, 0.29) is 25.1 Å². The Kier molecular flexibility index (Phi) is 3.56. The number of alkyl halides is 3. The summed E-state index contributed by atoms with van der Waals surface area (Å²) in [6, 6.07) is 7.50. The largest absolute Gasteiger partial charge is 0.508 e. The highest BCUT2D eigenvalue weighted by atomic mass is 19.4. The van der Waals surface area contributed by atoms with Crippen LogP contribution in [-0.2, 0) is 0 Å². The molecular weight excluding hydrogens is 257 g/mol. The number of hydrogen-bond acceptors (Lipinski definition) is 3. The summed E-state index contributed by atoms with van der Waals surface area (Å²) < 4.78 is 38.3. The number of benzene rings is 1. The molecule has 6 heteroatoms. The number of rotatable bonds is 2. The molecule has 0 bridgehead atoms. The van der Waals surface area contributed by atoms with Crippen LogP contribution in [0.4, 0.5) is 18.9 Å². The first-order valence-corrected chi connectivity index (χ1v) is 5.91. The van der Waals surface area contributed by atoms with Crippen molar-refractivity contribution in [2.45, 2.75) is 25.1 Å². The predicted molar refractivity (Wildman–Crippen MR) is 63.6 cm³/mol. The van der Waals surface area contributed by atoms with Gasteiger partial charge in [-0.2, -0.15) is 18.4 Å². The predicted octanol–water partition coefficient (Wildman–Crippen LogP) is 3.06. The Morgan fingerprint density at radius 3 is 2.47 bits per heavy atom. The normalized spacial score (nSPS) is 23.4. The number of nitriles is 1. The molecule has 1 aliphatic heterocycles. The van der Waals surface area contributed by atoms with E-state index in [1.54, 1.807) is 17.0 Å². The van der Waals surface area contributed by atoms with Gasteiger partial charge < -0.3 is 10.0 Å². The molecule has 0 radical (unpaired) electrons. The second kappa shape index (κ2) is 5.00. The highest BCUT2D eigenvalue weighted by Crippen LogP contribution is 2.39. The zero-order valence-corrected chi connectivity index (χ0v) is 10.1. The fourth-order valence-electron chi connectivity index (χ4n) is 2.41. The van der Waals surface area contributed by atoms with Crippen LogP contribution in [0.3, 0.4) is 0 Å². The van der Waals surface area contributed by atoms with E-state index in [0.717, 1.165) is 0 Å². The van der Waals surface area contributed by atoms with Gasteiger partial charge in [-0.15, -0.1) is 0 Å². The van der Waals surface area contributed by atoms with Gasteiger partial charge in [0.1, 0.15) is 5.75 Å². The second-order valence-corrected chi connectivity index (χ2v) is 4.66. The van der Waals surface area contributed by atoms with E-state index >= 15 is 0 Å². The lowest BCUT2D eigenvalue weighted by Gasteiger charge is -2.25. The van der Waals surface area contributed by atoms with Crippen LogP contribution in [0.5, 0.6) is 5.75 Å². The highest BCUT2D eigenvalue weighted by Gasteiger charge is 2.47. The van der Waals surface area contributed by atoms with Gasteiger partial charge in [0.25, 0.3) is 0 Å². The van der Waals surface area contributed by atoms with Crippen molar-refractivity contribution in [2.24, 2.45) is 5.92 Å². The lowest BCUT2D eigenvalue weighted by Crippen LogP contribution is -2.30. The van der Waals surface area contributed by atoms with Crippen molar-refractivity contribution in [2.75, 3.05) is 11.4 Å². The summed E-state index contributed by atoms with van der Waals surface area (Å²) in [6.45, 7) is -0.138. The molecule has 1 aromatic carbocycles. The SMILES string of the molecule is N#CC[C@H]1C[C@@H](C(F)(F)F)CN1c1ccc(O)cc1. The molecule has 2 rings (SSSR count). The highest BCUT2D eigenvalue weighted by molar-refractivity contribution is 5.51. The van der Waals surface area contributed by atoms with Gasteiger partial charge in [0, 0.05) is 18.3 Å². The molecule has 1 N–H and O–H groups in total. The molecule has 3 nitrogen and oxygen atoms in total. The maximum atomic E-state index is 12.8. The smallest absolute Gasteiger partial charge is 0.393 e. The first-order valence-electron chi connectivity index (χ1n) is 5.91. The van der Waals surface area contributed by atoms with Gasteiger partial charge in [0.15, 0.2) is 0 Å². The first-order chi connectivity index (χ1) is 8.91. The van der Waals surface area contributed by atoms with Crippen molar-refractivity contribution < 1.29 is 18.3 Å². The standard InChI is InChI=1S/C13H13F3N2O/c14-13(15,16)9-7-11(5-6-17)18(8-9)10-1-3-12(19)4-2-10/h1-4,9,11,19H,5,7-8H2/t9-,11+/m1/s1. The maximum Gasteiger partial charge on any atom is 0.393 e. The molecule has 102 valence electrons. The molecule has 1 aromatic rings. The molecule has 1 fully saturated rings. The molecule has 19 heavy (non-hydrogen) atoms. The lowest BCUT2D eigenvalue weighted by molar-refractivity contribution is -0.168. The number of halogens is 3. The summed E-state index contributed by atoms with van der Waals surface area (Å²) in [5.41, 5.74) is 0.602. The van der Waals surface area contributed by atoms with Gasteiger partial charge in [-0.3, -0.25) is 0 Å². The van der Waals surface area contributed by atoms with Crippen molar-refractivity contribution in [3.63, 3.8) is 0 Å². The summed E-state index contributed by atoms with van der Waals surface area (Å²) in [7, 11) is 0. The Labute approximate surface area is 108 Å². The summed E-state index contributed by atoms with van der Waals surface area (Å²) in [5.74, 6) is -1.34. The number of aromatic hydroxyl groups is 1. The minimum absolute atomic E-state index is 0.0576. The van der Waals surface area contributed by atoms with Crippen molar-refractivity contribution in [3.05, 3.63) is 24.3 Å². The van der Waals surface area contributed by atoms with Crippen molar-refractivity contribution in [1.29, 1.82) is 5.26 Å². The van der Waals surface area contributed by atoms with Crippen molar-refractivity contribution >= 4 is 5.69 Å². The van der Waals surface area contributed by atoms with Crippen molar-refractivity contribution in [3.8, 4) is 11.8 Å². The first kappa shape index (κ1) is 13.5. The zero-order chi connectivity index (χ0) is 14.0. The number of hydrogen-bond donors (Lipinski definition) is 1. The summed E-state index contributed by atoms with van der Waals surface area (Å²) in [6.07, 6.45) is -4.23. The van der Waals surface area contributed by atoms with E-state index in [4.69, 9.17) is 5.26 Å². The van der Waals surface area contributed by atoms with Crippen LogP contribution in [0.25, 0.3) is 0 Å². The van der Waals surface area contributed by atoms with Crippen LogP contribution in [0.1, 0.15) is 12.8 Å². The quantitative estimate of drug-likeness (QED) is 0.898. The van der Waals surface area contributed by atoms with Crippen LogP contribution >= 0.6 is 0 Å². The molecule has 2 atom stereocenters. The van der Waals surface area contributed by atoms with E-state index in [0.29, 0.717) is 5.69 Å². The Balaban J connectivity index is 2.22. The summed E-state index contributed by atoms with van der Waals surface area (Å²) in [5, 5.41) is 17.9. The fourth-order valence-corrected chi connectivity index (χ4v) is 2.41. The van der Waals surface area contributed by atoms with E-state index < -0.39 is 18.1 Å². The van der Waals surface area contributed by atoms with Crippen LogP contribution in [-0.4, -0.2) is 23.9 Å². The number of phenols is 1. The van der Waals surface area contributed by atoms with Crippen LogP contribution in [0.15, 0.2) is 24.3 Å².